The average Bonchev–Trinajstić information content (AvgIpc) is 2.96. The van der Waals surface area contributed by atoms with Crippen molar-refractivity contribution < 1.29 is 9.53 Å². The number of nitrogens with zero attached hydrogens (tertiary/aromatic N) is 1. The number of aromatic nitrogens is 1. The van der Waals surface area contributed by atoms with Gasteiger partial charge in [-0.05, 0) is 25.6 Å². The van der Waals surface area contributed by atoms with Gasteiger partial charge in [0.05, 0.1) is 24.1 Å². The van der Waals surface area contributed by atoms with E-state index in [2.05, 4.69) is 29.5 Å². The predicted molar refractivity (Wildman–Crippen MR) is 85.3 cm³/mol. The van der Waals surface area contributed by atoms with Crippen molar-refractivity contribution in [2.45, 2.75) is 19.9 Å². The second-order valence-corrected chi connectivity index (χ2v) is 5.38. The van der Waals surface area contributed by atoms with Crippen LogP contribution in [-0.4, -0.2) is 24.6 Å². The molecule has 1 aromatic carbocycles. The Hall–Kier alpha value is -1.92. The Bertz CT molecular complexity index is 612. The van der Waals surface area contributed by atoms with Crippen LogP contribution >= 0.6 is 11.3 Å². The monoisotopic (exact) mass is 305 g/mol. The van der Waals surface area contributed by atoms with Crippen LogP contribution < -0.4 is 10.6 Å². The van der Waals surface area contributed by atoms with Crippen LogP contribution in [0, 0.1) is 0 Å². The van der Waals surface area contributed by atoms with Gasteiger partial charge in [-0.25, -0.2) is 9.78 Å². The molecule has 0 radical (unpaired) electrons. The molecule has 0 bridgehead atoms. The van der Waals surface area contributed by atoms with Gasteiger partial charge >= 0.3 is 5.97 Å². The molecule has 1 atom stereocenters. The van der Waals surface area contributed by atoms with Crippen molar-refractivity contribution in [1.29, 1.82) is 0 Å². The predicted octanol–water partition coefficient (Wildman–Crippen LogP) is 3.34. The maximum absolute atomic E-state index is 11.7. The molecule has 5 nitrogen and oxygen atoms in total. The molecule has 0 aliphatic heterocycles. The maximum atomic E-state index is 11.7. The smallest absolute Gasteiger partial charge is 0.339 e. The molecule has 0 saturated heterocycles. The number of carbonyl (C=O) groups is 1. The van der Waals surface area contributed by atoms with Gasteiger partial charge in [-0.3, -0.25) is 0 Å². The topological polar surface area (TPSA) is 63.2 Å². The quantitative estimate of drug-likeness (QED) is 0.801. The fourth-order valence-corrected chi connectivity index (χ4v) is 2.76. The molecule has 21 heavy (non-hydrogen) atoms. The van der Waals surface area contributed by atoms with Crippen LogP contribution in [0.25, 0.3) is 0 Å². The summed E-state index contributed by atoms with van der Waals surface area (Å²) in [7, 11) is 1.37. The van der Waals surface area contributed by atoms with E-state index in [9.17, 15) is 4.79 Å². The van der Waals surface area contributed by atoms with Crippen molar-refractivity contribution in [1.82, 2.24) is 10.3 Å². The second kappa shape index (κ2) is 7.19. The molecule has 1 heterocycles. The van der Waals surface area contributed by atoms with Crippen molar-refractivity contribution >= 4 is 28.1 Å². The van der Waals surface area contributed by atoms with Crippen LogP contribution in [0.4, 0.5) is 10.8 Å². The number of para-hydroxylation sites is 1. The minimum atomic E-state index is -0.365. The summed E-state index contributed by atoms with van der Waals surface area (Å²) in [6.45, 7) is 5.03. The summed E-state index contributed by atoms with van der Waals surface area (Å²) in [5, 5.41) is 9.27. The zero-order chi connectivity index (χ0) is 15.2. The first-order valence-corrected chi connectivity index (χ1v) is 7.66. The van der Waals surface area contributed by atoms with E-state index in [4.69, 9.17) is 4.74 Å². The Morgan fingerprint density at radius 2 is 2.19 bits per heavy atom. The van der Waals surface area contributed by atoms with Crippen molar-refractivity contribution in [3.8, 4) is 0 Å². The van der Waals surface area contributed by atoms with Crippen molar-refractivity contribution in [3.63, 3.8) is 0 Å². The van der Waals surface area contributed by atoms with E-state index >= 15 is 0 Å². The Labute approximate surface area is 128 Å². The lowest BCUT2D eigenvalue weighted by Gasteiger charge is -2.09. The third-order valence-electron chi connectivity index (χ3n) is 3.05. The molecule has 112 valence electrons. The van der Waals surface area contributed by atoms with Gasteiger partial charge in [0.2, 0.25) is 0 Å². The maximum Gasteiger partial charge on any atom is 0.339 e. The normalized spacial score (nSPS) is 12.0. The summed E-state index contributed by atoms with van der Waals surface area (Å²) < 4.78 is 4.78. The van der Waals surface area contributed by atoms with E-state index < -0.39 is 0 Å². The fourth-order valence-electron chi connectivity index (χ4n) is 1.95. The summed E-state index contributed by atoms with van der Waals surface area (Å²) in [6, 6.07) is 7.44. The molecule has 2 N–H and O–H groups in total. The molecule has 0 aliphatic rings. The van der Waals surface area contributed by atoms with Crippen LogP contribution in [0.3, 0.4) is 0 Å². The molecule has 2 aromatic rings. The highest BCUT2D eigenvalue weighted by molar-refractivity contribution is 7.13. The summed E-state index contributed by atoms with van der Waals surface area (Å²) in [4.78, 5) is 16.3. The number of ether oxygens (including phenoxy) is 1. The van der Waals surface area contributed by atoms with Crippen LogP contribution in [-0.2, 0) is 4.74 Å². The Kier molecular flexibility index (Phi) is 5.30. The number of hydrogen-bond donors (Lipinski definition) is 2. The SMILES string of the molecule is CCNC(C)c1csc(Nc2ccccc2C(=O)OC)n1. The van der Waals surface area contributed by atoms with E-state index in [1.165, 1.54) is 18.4 Å². The summed E-state index contributed by atoms with van der Waals surface area (Å²) in [5.41, 5.74) is 2.18. The van der Waals surface area contributed by atoms with Gasteiger partial charge in [0.15, 0.2) is 5.13 Å². The third-order valence-corrected chi connectivity index (χ3v) is 3.83. The number of hydrogen-bond acceptors (Lipinski definition) is 6. The minimum Gasteiger partial charge on any atom is -0.465 e. The zero-order valence-electron chi connectivity index (χ0n) is 12.3. The Balaban J connectivity index is 2.17. The molecule has 6 heteroatoms. The van der Waals surface area contributed by atoms with Gasteiger partial charge in [-0.15, -0.1) is 11.3 Å². The van der Waals surface area contributed by atoms with Crippen LogP contribution in [0.2, 0.25) is 0 Å². The van der Waals surface area contributed by atoms with E-state index in [1.54, 1.807) is 12.1 Å². The van der Waals surface area contributed by atoms with Crippen LogP contribution in [0.5, 0.6) is 0 Å². The number of rotatable bonds is 6. The minimum absolute atomic E-state index is 0.206. The van der Waals surface area contributed by atoms with E-state index in [0.29, 0.717) is 11.3 Å². The summed E-state index contributed by atoms with van der Waals surface area (Å²) in [5.74, 6) is -0.365. The summed E-state index contributed by atoms with van der Waals surface area (Å²) >= 11 is 1.51. The molecule has 1 unspecified atom stereocenters. The number of benzene rings is 1. The molecule has 2 rings (SSSR count). The lowest BCUT2D eigenvalue weighted by atomic mass is 10.2. The second-order valence-electron chi connectivity index (χ2n) is 4.52. The van der Waals surface area contributed by atoms with Crippen LogP contribution in [0.1, 0.15) is 35.9 Å². The number of carbonyl (C=O) groups excluding carboxylic acids is 1. The fraction of sp³-hybridized carbons (Fsp3) is 0.333. The van der Waals surface area contributed by atoms with Gasteiger partial charge in [0.1, 0.15) is 0 Å². The average molecular weight is 305 g/mol. The van der Waals surface area contributed by atoms with Crippen molar-refractivity contribution in [2.24, 2.45) is 0 Å². The molecular formula is C15H19N3O2S. The first-order chi connectivity index (χ1) is 10.2. The number of anilines is 2. The van der Waals surface area contributed by atoms with Gasteiger partial charge in [0, 0.05) is 11.4 Å². The molecule has 0 aliphatic carbocycles. The standard InChI is InChI=1S/C15H19N3O2S/c1-4-16-10(2)13-9-21-15(18-13)17-12-8-6-5-7-11(12)14(19)20-3/h5-10,16H,4H2,1-3H3,(H,17,18). The van der Waals surface area contributed by atoms with E-state index in [1.807, 2.05) is 17.5 Å². The Morgan fingerprint density at radius 3 is 2.90 bits per heavy atom. The van der Waals surface area contributed by atoms with Crippen molar-refractivity contribution in [3.05, 3.63) is 40.9 Å². The first-order valence-electron chi connectivity index (χ1n) is 6.78. The van der Waals surface area contributed by atoms with E-state index in [0.717, 1.165) is 17.4 Å². The molecular weight excluding hydrogens is 286 g/mol. The molecule has 0 spiro atoms. The summed E-state index contributed by atoms with van der Waals surface area (Å²) in [6.07, 6.45) is 0. The molecule has 0 saturated carbocycles. The number of nitrogens with one attached hydrogen (secondary N) is 2. The highest BCUT2D eigenvalue weighted by Gasteiger charge is 2.13. The van der Waals surface area contributed by atoms with E-state index in [-0.39, 0.29) is 12.0 Å². The number of thiazole rings is 1. The highest BCUT2D eigenvalue weighted by atomic mass is 32.1. The van der Waals surface area contributed by atoms with Crippen LogP contribution in [0.15, 0.2) is 29.6 Å². The van der Waals surface area contributed by atoms with Gasteiger partial charge in [-0.2, -0.15) is 0 Å². The highest BCUT2D eigenvalue weighted by Crippen LogP contribution is 2.26. The first kappa shape index (κ1) is 15.5. The lowest BCUT2D eigenvalue weighted by Crippen LogP contribution is -2.17. The lowest BCUT2D eigenvalue weighted by molar-refractivity contribution is 0.0602. The van der Waals surface area contributed by atoms with Gasteiger partial charge in [0.25, 0.3) is 0 Å². The number of methoxy groups -OCH3 is 1. The molecule has 1 aromatic heterocycles. The number of esters is 1. The largest absolute Gasteiger partial charge is 0.465 e. The molecule has 0 fully saturated rings. The Morgan fingerprint density at radius 1 is 1.43 bits per heavy atom. The van der Waals surface area contributed by atoms with Crippen molar-refractivity contribution in [2.75, 3.05) is 19.0 Å². The zero-order valence-corrected chi connectivity index (χ0v) is 13.2. The van der Waals surface area contributed by atoms with Gasteiger partial charge in [-0.1, -0.05) is 19.1 Å². The third kappa shape index (κ3) is 3.80. The van der Waals surface area contributed by atoms with Gasteiger partial charge < -0.3 is 15.4 Å². The molecule has 0 amide bonds.